The summed E-state index contributed by atoms with van der Waals surface area (Å²) in [5, 5.41) is 0. The summed E-state index contributed by atoms with van der Waals surface area (Å²) in [4.78, 5) is 0. The molecule has 0 amide bonds. The first-order chi connectivity index (χ1) is 9.43. The molecule has 1 atom stereocenters. The maximum absolute atomic E-state index is 5.58. The number of hydrogen-bond donors (Lipinski definition) is 0. The van der Waals surface area contributed by atoms with Crippen molar-refractivity contribution in [2.24, 2.45) is 0 Å². The van der Waals surface area contributed by atoms with Gasteiger partial charge in [0.2, 0.25) is 0 Å². The second-order valence-electron chi connectivity index (χ2n) is 5.53. The van der Waals surface area contributed by atoms with E-state index in [1.54, 1.807) is 0 Å². The van der Waals surface area contributed by atoms with E-state index in [0.29, 0.717) is 20.0 Å². The smallest absolute Gasteiger partial charge is 0.147 e. The Balaban J connectivity index is 1.67. The van der Waals surface area contributed by atoms with Crippen LogP contribution in [0.2, 0.25) is 0 Å². The van der Waals surface area contributed by atoms with E-state index in [4.69, 9.17) is 14.2 Å². The van der Waals surface area contributed by atoms with Crippen LogP contribution >= 0.6 is 0 Å². The van der Waals surface area contributed by atoms with E-state index in [-0.39, 0.29) is 6.10 Å². The highest BCUT2D eigenvalue weighted by atomic mass is 16.7. The molecule has 0 radical (unpaired) electrons. The molecular weight excluding hydrogens is 240 g/mol. The summed E-state index contributed by atoms with van der Waals surface area (Å²) < 4.78 is 16.0. The monoisotopic (exact) mass is 272 g/mol. The molecule has 0 N–H and O–H groups in total. The van der Waals surface area contributed by atoms with Gasteiger partial charge in [-0.1, -0.05) is 64.7 Å². The van der Waals surface area contributed by atoms with Crippen molar-refractivity contribution in [1.82, 2.24) is 0 Å². The van der Waals surface area contributed by atoms with Gasteiger partial charge in [-0.3, -0.25) is 0 Å². The largest absolute Gasteiger partial charge is 0.379 e. The average molecular weight is 272 g/mol. The van der Waals surface area contributed by atoms with Crippen molar-refractivity contribution >= 4 is 0 Å². The van der Waals surface area contributed by atoms with Crippen LogP contribution in [0.1, 0.15) is 71.1 Å². The van der Waals surface area contributed by atoms with Gasteiger partial charge in [0.15, 0.2) is 0 Å². The Morgan fingerprint density at radius 3 is 2.11 bits per heavy atom. The standard InChI is InChI=1S/C16H32O3/c1-2-3-4-5-6-7-8-9-10-11-12-17-13-16-14-18-15-19-16/h16H,2-15H2,1H3. The lowest BCUT2D eigenvalue weighted by molar-refractivity contribution is 0.00448. The molecule has 0 saturated carbocycles. The molecule has 19 heavy (non-hydrogen) atoms. The minimum Gasteiger partial charge on any atom is -0.379 e. The summed E-state index contributed by atoms with van der Waals surface area (Å²) >= 11 is 0. The van der Waals surface area contributed by atoms with Crippen LogP contribution in [0.3, 0.4) is 0 Å². The molecule has 0 aromatic heterocycles. The zero-order chi connectivity index (χ0) is 13.6. The van der Waals surface area contributed by atoms with E-state index < -0.39 is 0 Å². The van der Waals surface area contributed by atoms with Crippen molar-refractivity contribution in [1.29, 1.82) is 0 Å². The highest BCUT2D eigenvalue weighted by molar-refractivity contribution is 4.57. The van der Waals surface area contributed by atoms with Crippen LogP contribution in [-0.4, -0.2) is 32.7 Å². The van der Waals surface area contributed by atoms with E-state index in [2.05, 4.69) is 6.92 Å². The lowest BCUT2D eigenvalue weighted by atomic mass is 10.1. The number of unbranched alkanes of at least 4 members (excludes halogenated alkanes) is 9. The van der Waals surface area contributed by atoms with Gasteiger partial charge >= 0.3 is 0 Å². The van der Waals surface area contributed by atoms with Crippen molar-refractivity contribution in [3.63, 3.8) is 0 Å². The van der Waals surface area contributed by atoms with E-state index in [0.717, 1.165) is 6.61 Å². The summed E-state index contributed by atoms with van der Waals surface area (Å²) in [5.41, 5.74) is 0. The lowest BCUT2D eigenvalue weighted by Gasteiger charge is -2.08. The van der Waals surface area contributed by atoms with Gasteiger partial charge in [0, 0.05) is 6.61 Å². The first kappa shape index (κ1) is 16.9. The first-order valence-corrected chi connectivity index (χ1v) is 8.20. The molecule has 1 fully saturated rings. The maximum atomic E-state index is 5.58. The van der Waals surface area contributed by atoms with Crippen molar-refractivity contribution in [3.8, 4) is 0 Å². The van der Waals surface area contributed by atoms with Crippen LogP contribution in [0.15, 0.2) is 0 Å². The third kappa shape index (κ3) is 10.3. The summed E-state index contributed by atoms with van der Waals surface area (Å²) in [6, 6.07) is 0. The van der Waals surface area contributed by atoms with Crippen LogP contribution < -0.4 is 0 Å². The van der Waals surface area contributed by atoms with Gasteiger partial charge in [0.1, 0.15) is 12.9 Å². The molecular formula is C16H32O3. The second kappa shape index (κ2) is 12.9. The van der Waals surface area contributed by atoms with Crippen molar-refractivity contribution < 1.29 is 14.2 Å². The zero-order valence-corrected chi connectivity index (χ0v) is 12.7. The Hall–Kier alpha value is -0.120. The minimum absolute atomic E-state index is 0.170. The Morgan fingerprint density at radius 1 is 0.895 bits per heavy atom. The molecule has 1 unspecified atom stereocenters. The van der Waals surface area contributed by atoms with Crippen molar-refractivity contribution in [3.05, 3.63) is 0 Å². The van der Waals surface area contributed by atoms with Gasteiger partial charge < -0.3 is 14.2 Å². The average Bonchev–Trinajstić information content (AvgIpc) is 2.93. The van der Waals surface area contributed by atoms with E-state index >= 15 is 0 Å². The first-order valence-electron chi connectivity index (χ1n) is 8.20. The normalized spacial score (nSPS) is 19.1. The molecule has 1 aliphatic rings. The maximum Gasteiger partial charge on any atom is 0.147 e. The SMILES string of the molecule is CCCCCCCCCCCCOCC1COCO1. The molecule has 1 saturated heterocycles. The minimum atomic E-state index is 0.170. The molecule has 0 aromatic carbocycles. The van der Waals surface area contributed by atoms with Gasteiger partial charge in [0.25, 0.3) is 0 Å². The summed E-state index contributed by atoms with van der Waals surface area (Å²) in [6.45, 7) is 4.96. The second-order valence-corrected chi connectivity index (χ2v) is 5.53. The van der Waals surface area contributed by atoms with Crippen LogP contribution in [0, 0.1) is 0 Å². The van der Waals surface area contributed by atoms with E-state index in [9.17, 15) is 0 Å². The summed E-state index contributed by atoms with van der Waals surface area (Å²) in [5.74, 6) is 0. The van der Waals surface area contributed by atoms with Crippen molar-refractivity contribution in [2.75, 3.05) is 26.6 Å². The van der Waals surface area contributed by atoms with E-state index in [1.165, 1.54) is 64.2 Å². The van der Waals surface area contributed by atoms with Gasteiger partial charge in [-0.05, 0) is 6.42 Å². The number of rotatable bonds is 13. The molecule has 1 heterocycles. The fraction of sp³-hybridized carbons (Fsp3) is 1.00. The molecule has 114 valence electrons. The predicted molar refractivity (Wildman–Crippen MR) is 78.4 cm³/mol. The molecule has 3 heteroatoms. The molecule has 3 nitrogen and oxygen atoms in total. The van der Waals surface area contributed by atoms with Gasteiger partial charge in [-0.2, -0.15) is 0 Å². The van der Waals surface area contributed by atoms with Gasteiger partial charge in [-0.25, -0.2) is 0 Å². The molecule has 1 aliphatic heterocycles. The highest BCUT2D eigenvalue weighted by Gasteiger charge is 2.15. The number of ether oxygens (including phenoxy) is 3. The number of hydrogen-bond acceptors (Lipinski definition) is 3. The highest BCUT2D eigenvalue weighted by Crippen LogP contribution is 2.10. The molecule has 0 aliphatic carbocycles. The Bertz CT molecular complexity index is 179. The van der Waals surface area contributed by atoms with Crippen LogP contribution in [0.5, 0.6) is 0 Å². The molecule has 0 aromatic rings. The van der Waals surface area contributed by atoms with Crippen LogP contribution in [-0.2, 0) is 14.2 Å². The molecule has 0 spiro atoms. The Kier molecular flexibility index (Phi) is 11.5. The third-order valence-electron chi connectivity index (χ3n) is 3.64. The fourth-order valence-electron chi connectivity index (χ4n) is 2.37. The molecule has 0 bridgehead atoms. The van der Waals surface area contributed by atoms with Gasteiger partial charge in [0.05, 0.1) is 13.2 Å². The fourth-order valence-corrected chi connectivity index (χ4v) is 2.37. The zero-order valence-electron chi connectivity index (χ0n) is 12.7. The predicted octanol–water partition coefficient (Wildman–Crippen LogP) is 4.30. The third-order valence-corrected chi connectivity index (χ3v) is 3.64. The van der Waals surface area contributed by atoms with Crippen molar-refractivity contribution in [2.45, 2.75) is 77.2 Å². The van der Waals surface area contributed by atoms with Crippen LogP contribution in [0.4, 0.5) is 0 Å². The lowest BCUT2D eigenvalue weighted by Crippen LogP contribution is -2.17. The summed E-state index contributed by atoms with van der Waals surface area (Å²) in [7, 11) is 0. The molecule has 1 rings (SSSR count). The topological polar surface area (TPSA) is 27.7 Å². The summed E-state index contributed by atoms with van der Waals surface area (Å²) in [6.07, 6.45) is 13.9. The quantitative estimate of drug-likeness (QED) is 0.468. The Labute approximate surface area is 119 Å². The van der Waals surface area contributed by atoms with Crippen LogP contribution in [0.25, 0.3) is 0 Å². The Morgan fingerprint density at radius 2 is 1.53 bits per heavy atom. The van der Waals surface area contributed by atoms with Gasteiger partial charge in [-0.15, -0.1) is 0 Å². The van der Waals surface area contributed by atoms with E-state index in [1.807, 2.05) is 0 Å².